The highest BCUT2D eigenvalue weighted by molar-refractivity contribution is 5.46. The topological polar surface area (TPSA) is 32.5 Å². The summed E-state index contributed by atoms with van der Waals surface area (Å²) in [6.07, 6.45) is -3.37. The number of nitrogen functional groups attached to an aromatic ring is 1. The van der Waals surface area contributed by atoms with E-state index < -0.39 is 11.7 Å². The van der Waals surface area contributed by atoms with Crippen molar-refractivity contribution >= 4 is 5.69 Å². The van der Waals surface area contributed by atoms with E-state index in [2.05, 4.69) is 9.80 Å². The van der Waals surface area contributed by atoms with E-state index in [1.807, 2.05) is 14.1 Å². The molecule has 1 atom stereocenters. The second-order valence-corrected chi connectivity index (χ2v) is 5.56. The number of likely N-dealkylation sites (tertiary alicyclic amines) is 1. The summed E-state index contributed by atoms with van der Waals surface area (Å²) >= 11 is 0. The quantitative estimate of drug-likeness (QED) is 0.867. The highest BCUT2D eigenvalue weighted by Gasteiger charge is 2.34. The van der Waals surface area contributed by atoms with Gasteiger partial charge in [-0.25, -0.2) is 0 Å². The summed E-state index contributed by atoms with van der Waals surface area (Å²) in [6.45, 7) is 1.94. The summed E-state index contributed by atoms with van der Waals surface area (Å²) in [7, 11) is 4.00. The molecular weight excluding hydrogens is 267 g/mol. The maximum Gasteiger partial charge on any atom is 0.416 e. The molecule has 0 bridgehead atoms. The number of hydrogen-bond acceptors (Lipinski definition) is 3. The Balaban J connectivity index is 2.14. The molecule has 1 heterocycles. The van der Waals surface area contributed by atoms with Gasteiger partial charge in [0.1, 0.15) is 0 Å². The number of alkyl halides is 3. The molecule has 0 saturated carbocycles. The first-order valence-electron chi connectivity index (χ1n) is 6.62. The standard InChI is InChI=1S/C14H20F3N3/c1-19(2)12-5-6-20(9-12)8-10-3-4-11(18)7-13(10)14(15,16)17/h3-4,7,12H,5-6,8-9,18H2,1-2H3/t12-/m0/s1. The molecule has 1 fully saturated rings. The summed E-state index contributed by atoms with van der Waals surface area (Å²) < 4.78 is 39.1. The molecule has 1 saturated heterocycles. The number of hydrogen-bond donors (Lipinski definition) is 1. The van der Waals surface area contributed by atoms with Crippen molar-refractivity contribution in [1.82, 2.24) is 9.80 Å². The Bertz CT molecular complexity index is 471. The molecule has 2 rings (SSSR count). The van der Waals surface area contributed by atoms with Crippen LogP contribution in [0.2, 0.25) is 0 Å². The molecule has 6 heteroatoms. The summed E-state index contributed by atoms with van der Waals surface area (Å²) in [5.74, 6) is 0. The average molecular weight is 287 g/mol. The van der Waals surface area contributed by atoms with Crippen LogP contribution in [-0.2, 0) is 12.7 Å². The minimum absolute atomic E-state index is 0.147. The van der Waals surface area contributed by atoms with Crippen LogP contribution in [0.3, 0.4) is 0 Å². The molecule has 3 nitrogen and oxygen atoms in total. The summed E-state index contributed by atoms with van der Waals surface area (Å²) in [5.41, 5.74) is 5.30. The first kappa shape index (κ1) is 15.1. The molecule has 0 amide bonds. The third-order valence-corrected chi connectivity index (χ3v) is 3.81. The van der Waals surface area contributed by atoms with Gasteiger partial charge in [0.2, 0.25) is 0 Å². The van der Waals surface area contributed by atoms with Crippen LogP contribution in [0.25, 0.3) is 0 Å². The van der Waals surface area contributed by atoms with Gasteiger partial charge >= 0.3 is 6.18 Å². The Hall–Kier alpha value is -1.27. The Morgan fingerprint density at radius 3 is 2.60 bits per heavy atom. The van der Waals surface area contributed by atoms with Crippen LogP contribution < -0.4 is 5.73 Å². The van der Waals surface area contributed by atoms with Crippen LogP contribution in [0.15, 0.2) is 18.2 Å². The molecule has 20 heavy (non-hydrogen) atoms. The van der Waals surface area contributed by atoms with Crippen molar-refractivity contribution in [1.29, 1.82) is 0 Å². The molecule has 1 aliphatic heterocycles. The van der Waals surface area contributed by atoms with Crippen LogP contribution in [0.1, 0.15) is 17.5 Å². The van der Waals surface area contributed by atoms with Gasteiger partial charge in [-0.3, -0.25) is 4.90 Å². The van der Waals surface area contributed by atoms with Crippen molar-refractivity contribution in [2.75, 3.05) is 32.9 Å². The zero-order valence-corrected chi connectivity index (χ0v) is 11.7. The summed E-state index contributed by atoms with van der Waals surface area (Å²) in [6, 6.07) is 4.46. The van der Waals surface area contributed by atoms with Crippen LogP contribution in [0, 0.1) is 0 Å². The van der Waals surface area contributed by atoms with Crippen LogP contribution in [0.4, 0.5) is 18.9 Å². The normalized spacial score (nSPS) is 20.8. The molecule has 0 unspecified atom stereocenters. The van der Waals surface area contributed by atoms with E-state index in [-0.39, 0.29) is 5.69 Å². The van der Waals surface area contributed by atoms with Gasteiger partial charge in [0.15, 0.2) is 0 Å². The van der Waals surface area contributed by atoms with Crippen molar-refractivity contribution in [3.8, 4) is 0 Å². The molecule has 0 aromatic heterocycles. The maximum absolute atomic E-state index is 13.0. The van der Waals surface area contributed by atoms with Crippen molar-refractivity contribution in [3.63, 3.8) is 0 Å². The molecule has 1 aliphatic rings. The zero-order chi connectivity index (χ0) is 14.9. The van der Waals surface area contributed by atoms with Gasteiger partial charge in [-0.2, -0.15) is 13.2 Å². The fourth-order valence-corrected chi connectivity index (χ4v) is 2.61. The minimum Gasteiger partial charge on any atom is -0.399 e. The number of likely N-dealkylation sites (N-methyl/N-ethyl adjacent to an activating group) is 1. The van der Waals surface area contributed by atoms with E-state index in [0.717, 1.165) is 25.6 Å². The van der Waals surface area contributed by atoms with Crippen molar-refractivity contribution in [2.24, 2.45) is 0 Å². The van der Waals surface area contributed by atoms with Crippen LogP contribution in [-0.4, -0.2) is 43.0 Å². The highest BCUT2D eigenvalue weighted by atomic mass is 19.4. The van der Waals surface area contributed by atoms with E-state index >= 15 is 0 Å². The van der Waals surface area contributed by atoms with Gasteiger partial charge in [0.05, 0.1) is 5.56 Å². The Labute approximate surface area is 117 Å². The smallest absolute Gasteiger partial charge is 0.399 e. The third-order valence-electron chi connectivity index (χ3n) is 3.81. The number of rotatable bonds is 3. The average Bonchev–Trinajstić information content (AvgIpc) is 2.79. The number of halogens is 3. The first-order chi connectivity index (χ1) is 9.27. The zero-order valence-electron chi connectivity index (χ0n) is 11.7. The third kappa shape index (κ3) is 3.43. The fourth-order valence-electron chi connectivity index (χ4n) is 2.61. The van der Waals surface area contributed by atoms with E-state index in [1.165, 1.54) is 12.1 Å². The molecule has 1 aromatic rings. The van der Waals surface area contributed by atoms with Crippen molar-refractivity contribution in [2.45, 2.75) is 25.2 Å². The molecule has 0 spiro atoms. The van der Waals surface area contributed by atoms with E-state index in [4.69, 9.17) is 5.73 Å². The van der Waals surface area contributed by atoms with Crippen LogP contribution in [0.5, 0.6) is 0 Å². The maximum atomic E-state index is 13.0. The monoisotopic (exact) mass is 287 g/mol. The molecule has 112 valence electrons. The lowest BCUT2D eigenvalue weighted by atomic mass is 10.1. The number of nitrogens with zero attached hydrogens (tertiary/aromatic N) is 2. The SMILES string of the molecule is CN(C)[C@H]1CCN(Cc2ccc(N)cc2C(F)(F)F)C1. The van der Waals surface area contributed by atoms with Crippen molar-refractivity contribution < 1.29 is 13.2 Å². The van der Waals surface area contributed by atoms with Gasteiger partial charge in [-0.15, -0.1) is 0 Å². The lowest BCUT2D eigenvalue weighted by Crippen LogP contribution is -2.31. The molecule has 2 N–H and O–H groups in total. The first-order valence-corrected chi connectivity index (χ1v) is 6.62. The van der Waals surface area contributed by atoms with E-state index in [0.29, 0.717) is 18.2 Å². The largest absolute Gasteiger partial charge is 0.416 e. The predicted octanol–water partition coefficient (Wildman–Crippen LogP) is 2.42. The second-order valence-electron chi connectivity index (χ2n) is 5.56. The van der Waals surface area contributed by atoms with Crippen LogP contribution >= 0.6 is 0 Å². The van der Waals surface area contributed by atoms with Gasteiger partial charge in [0.25, 0.3) is 0 Å². The van der Waals surface area contributed by atoms with Crippen molar-refractivity contribution in [3.05, 3.63) is 29.3 Å². The molecule has 1 aromatic carbocycles. The van der Waals surface area contributed by atoms with Gasteiger partial charge < -0.3 is 10.6 Å². The lowest BCUT2D eigenvalue weighted by molar-refractivity contribution is -0.138. The van der Waals surface area contributed by atoms with Gasteiger partial charge in [0, 0.05) is 31.4 Å². The number of nitrogens with two attached hydrogens (primary N) is 1. The number of anilines is 1. The Morgan fingerprint density at radius 2 is 2.05 bits per heavy atom. The summed E-state index contributed by atoms with van der Waals surface area (Å²) in [5, 5.41) is 0. The second kappa shape index (κ2) is 5.61. The molecule has 0 aliphatic carbocycles. The Morgan fingerprint density at radius 1 is 1.35 bits per heavy atom. The van der Waals surface area contributed by atoms with Gasteiger partial charge in [-0.1, -0.05) is 6.07 Å². The lowest BCUT2D eigenvalue weighted by Gasteiger charge is -2.22. The fraction of sp³-hybridized carbons (Fsp3) is 0.571. The molecule has 0 radical (unpaired) electrons. The summed E-state index contributed by atoms with van der Waals surface area (Å²) in [4.78, 5) is 4.18. The Kier molecular flexibility index (Phi) is 4.25. The number of benzene rings is 1. The predicted molar refractivity (Wildman–Crippen MR) is 73.2 cm³/mol. The van der Waals surface area contributed by atoms with E-state index in [1.54, 1.807) is 0 Å². The molecular formula is C14H20F3N3. The highest BCUT2D eigenvalue weighted by Crippen LogP contribution is 2.34. The minimum atomic E-state index is -4.36. The van der Waals surface area contributed by atoms with E-state index in [9.17, 15) is 13.2 Å². The van der Waals surface area contributed by atoms with Gasteiger partial charge in [-0.05, 0) is 38.2 Å².